The van der Waals surface area contributed by atoms with Crippen LogP contribution in [0.1, 0.15) is 4.88 Å². The first-order valence-electron chi connectivity index (χ1n) is 6.33. The Morgan fingerprint density at radius 2 is 1.75 bits per heavy atom. The number of phenols is 1. The SMILES string of the molecule is Oc1ccccc1-c1nc2c(s1)COc1ccccc1-2. The molecule has 4 heteroatoms. The zero-order valence-corrected chi connectivity index (χ0v) is 11.4. The molecular formula is C16H11NO2S. The van der Waals surface area contributed by atoms with Crippen LogP contribution in [0.4, 0.5) is 0 Å². The highest BCUT2D eigenvalue weighted by Crippen LogP contribution is 2.43. The molecule has 0 saturated heterocycles. The van der Waals surface area contributed by atoms with E-state index in [1.165, 1.54) is 0 Å². The summed E-state index contributed by atoms with van der Waals surface area (Å²) >= 11 is 1.57. The van der Waals surface area contributed by atoms with Crippen LogP contribution in [0, 0.1) is 0 Å². The fourth-order valence-corrected chi connectivity index (χ4v) is 3.38. The lowest BCUT2D eigenvalue weighted by Gasteiger charge is -2.15. The molecule has 0 amide bonds. The molecule has 2 heterocycles. The molecule has 0 aliphatic carbocycles. The lowest BCUT2D eigenvalue weighted by atomic mass is 10.1. The number of rotatable bonds is 1. The number of nitrogens with zero attached hydrogens (tertiary/aromatic N) is 1. The third kappa shape index (κ3) is 1.69. The number of benzene rings is 2. The van der Waals surface area contributed by atoms with Crippen molar-refractivity contribution < 1.29 is 9.84 Å². The predicted octanol–water partition coefficient (Wildman–Crippen LogP) is 4.08. The van der Waals surface area contributed by atoms with Gasteiger partial charge in [0.25, 0.3) is 0 Å². The average Bonchev–Trinajstić information content (AvgIpc) is 2.92. The minimum atomic E-state index is 0.257. The van der Waals surface area contributed by atoms with Crippen molar-refractivity contribution in [2.45, 2.75) is 6.61 Å². The second-order valence-electron chi connectivity index (χ2n) is 4.59. The number of thiazole rings is 1. The maximum Gasteiger partial charge on any atom is 0.129 e. The Hall–Kier alpha value is -2.33. The van der Waals surface area contributed by atoms with E-state index in [0.29, 0.717) is 6.61 Å². The van der Waals surface area contributed by atoms with E-state index < -0.39 is 0 Å². The molecule has 0 unspecified atom stereocenters. The molecule has 98 valence electrons. The van der Waals surface area contributed by atoms with Crippen molar-refractivity contribution in [2.24, 2.45) is 0 Å². The standard InChI is InChI=1S/C16H11NO2S/c18-12-7-3-1-5-10(12)16-17-15-11-6-2-4-8-13(11)19-9-14(15)20-16/h1-8,18H,9H2. The first-order valence-corrected chi connectivity index (χ1v) is 7.15. The molecule has 20 heavy (non-hydrogen) atoms. The van der Waals surface area contributed by atoms with E-state index >= 15 is 0 Å². The van der Waals surface area contributed by atoms with E-state index in [2.05, 4.69) is 0 Å². The molecular weight excluding hydrogens is 270 g/mol. The minimum absolute atomic E-state index is 0.257. The molecule has 2 aromatic carbocycles. The number of aromatic hydroxyl groups is 1. The van der Waals surface area contributed by atoms with E-state index in [4.69, 9.17) is 9.72 Å². The van der Waals surface area contributed by atoms with E-state index in [0.717, 1.165) is 32.5 Å². The number of para-hydroxylation sites is 2. The van der Waals surface area contributed by atoms with Crippen molar-refractivity contribution in [3.05, 3.63) is 53.4 Å². The van der Waals surface area contributed by atoms with Gasteiger partial charge in [-0.2, -0.15) is 0 Å². The van der Waals surface area contributed by atoms with Crippen molar-refractivity contribution >= 4 is 11.3 Å². The zero-order valence-electron chi connectivity index (χ0n) is 10.5. The first-order chi connectivity index (χ1) is 9.83. The summed E-state index contributed by atoms with van der Waals surface area (Å²) < 4.78 is 5.74. The quantitative estimate of drug-likeness (QED) is 0.731. The molecule has 1 aromatic heterocycles. The molecule has 1 aliphatic rings. The number of fused-ring (bicyclic) bond motifs is 3. The summed E-state index contributed by atoms with van der Waals surface area (Å²) in [6.07, 6.45) is 0. The van der Waals surface area contributed by atoms with Crippen LogP contribution in [-0.4, -0.2) is 10.1 Å². The van der Waals surface area contributed by atoms with Gasteiger partial charge in [0.05, 0.1) is 16.1 Å². The van der Waals surface area contributed by atoms with Crippen LogP contribution < -0.4 is 4.74 Å². The molecule has 0 atom stereocenters. The fraction of sp³-hybridized carbons (Fsp3) is 0.0625. The molecule has 3 aromatic rings. The van der Waals surface area contributed by atoms with Crippen molar-refractivity contribution in [2.75, 3.05) is 0 Å². The van der Waals surface area contributed by atoms with Gasteiger partial charge >= 0.3 is 0 Å². The van der Waals surface area contributed by atoms with Crippen LogP contribution in [0.5, 0.6) is 11.5 Å². The van der Waals surface area contributed by atoms with Crippen LogP contribution in [0.25, 0.3) is 21.8 Å². The highest BCUT2D eigenvalue weighted by Gasteiger charge is 2.22. The number of aromatic nitrogens is 1. The molecule has 0 fully saturated rings. The monoisotopic (exact) mass is 281 g/mol. The largest absolute Gasteiger partial charge is 0.507 e. The van der Waals surface area contributed by atoms with Gasteiger partial charge in [0, 0.05) is 5.56 Å². The highest BCUT2D eigenvalue weighted by atomic mass is 32.1. The van der Waals surface area contributed by atoms with Gasteiger partial charge in [-0.3, -0.25) is 0 Å². The van der Waals surface area contributed by atoms with E-state index in [1.807, 2.05) is 42.5 Å². The van der Waals surface area contributed by atoms with Gasteiger partial charge in [0.1, 0.15) is 23.1 Å². The van der Waals surface area contributed by atoms with Crippen molar-refractivity contribution in [1.82, 2.24) is 4.98 Å². The summed E-state index contributed by atoms with van der Waals surface area (Å²) in [4.78, 5) is 5.80. The minimum Gasteiger partial charge on any atom is -0.507 e. The summed E-state index contributed by atoms with van der Waals surface area (Å²) in [7, 11) is 0. The van der Waals surface area contributed by atoms with Gasteiger partial charge in [-0.25, -0.2) is 4.98 Å². The Morgan fingerprint density at radius 3 is 2.60 bits per heavy atom. The normalized spacial score (nSPS) is 12.4. The van der Waals surface area contributed by atoms with Crippen LogP contribution >= 0.6 is 11.3 Å². The Bertz CT molecular complexity index is 795. The van der Waals surface area contributed by atoms with E-state index in [9.17, 15) is 5.11 Å². The van der Waals surface area contributed by atoms with Crippen molar-refractivity contribution in [3.8, 4) is 33.3 Å². The molecule has 1 N–H and O–H groups in total. The molecule has 4 rings (SSSR count). The Kier molecular flexibility index (Phi) is 2.50. The second kappa shape index (κ2) is 4.35. The highest BCUT2D eigenvalue weighted by molar-refractivity contribution is 7.15. The van der Waals surface area contributed by atoms with Crippen LogP contribution in [-0.2, 0) is 6.61 Å². The maximum absolute atomic E-state index is 9.96. The molecule has 0 spiro atoms. The van der Waals surface area contributed by atoms with Crippen molar-refractivity contribution in [1.29, 1.82) is 0 Å². The average molecular weight is 281 g/mol. The number of phenolic OH excluding ortho intramolecular Hbond substituents is 1. The molecule has 1 aliphatic heterocycles. The summed E-state index contributed by atoms with van der Waals surface area (Å²) in [5, 5.41) is 10.8. The van der Waals surface area contributed by atoms with Gasteiger partial charge in [0.15, 0.2) is 0 Å². The first kappa shape index (κ1) is 11.5. The molecule has 0 saturated carbocycles. The van der Waals surface area contributed by atoms with Gasteiger partial charge < -0.3 is 9.84 Å². The van der Waals surface area contributed by atoms with Gasteiger partial charge in [-0.1, -0.05) is 24.3 Å². The third-order valence-electron chi connectivity index (χ3n) is 3.33. The Labute approximate surface area is 120 Å². The number of hydrogen-bond donors (Lipinski definition) is 1. The van der Waals surface area contributed by atoms with E-state index in [1.54, 1.807) is 17.4 Å². The fourth-order valence-electron chi connectivity index (χ4n) is 2.36. The third-order valence-corrected chi connectivity index (χ3v) is 4.39. The smallest absolute Gasteiger partial charge is 0.129 e. The van der Waals surface area contributed by atoms with Gasteiger partial charge in [-0.05, 0) is 24.3 Å². The summed E-state index contributed by atoms with van der Waals surface area (Å²) in [6, 6.07) is 15.2. The maximum atomic E-state index is 9.96. The van der Waals surface area contributed by atoms with Crippen molar-refractivity contribution in [3.63, 3.8) is 0 Å². The Balaban J connectivity index is 1.89. The number of ether oxygens (including phenoxy) is 1. The van der Waals surface area contributed by atoms with Crippen LogP contribution in [0.3, 0.4) is 0 Å². The van der Waals surface area contributed by atoms with Crippen LogP contribution in [0.15, 0.2) is 48.5 Å². The topological polar surface area (TPSA) is 42.4 Å². The summed E-state index contributed by atoms with van der Waals surface area (Å²) in [5.41, 5.74) is 2.76. The molecule has 0 bridgehead atoms. The van der Waals surface area contributed by atoms with Gasteiger partial charge in [0.2, 0.25) is 0 Å². The van der Waals surface area contributed by atoms with E-state index in [-0.39, 0.29) is 5.75 Å². The second-order valence-corrected chi connectivity index (χ2v) is 5.68. The van der Waals surface area contributed by atoms with Gasteiger partial charge in [-0.15, -0.1) is 11.3 Å². The summed E-state index contributed by atoms with van der Waals surface area (Å²) in [5.74, 6) is 1.13. The lowest BCUT2D eigenvalue weighted by Crippen LogP contribution is -2.02. The zero-order chi connectivity index (χ0) is 13.5. The molecule has 3 nitrogen and oxygen atoms in total. The molecule has 0 radical (unpaired) electrons. The Morgan fingerprint density at radius 1 is 1.00 bits per heavy atom. The van der Waals surface area contributed by atoms with Crippen LogP contribution in [0.2, 0.25) is 0 Å². The summed E-state index contributed by atoms with van der Waals surface area (Å²) in [6.45, 7) is 0.539. The number of hydrogen-bond acceptors (Lipinski definition) is 4. The predicted molar refractivity (Wildman–Crippen MR) is 79.0 cm³/mol. The lowest BCUT2D eigenvalue weighted by molar-refractivity contribution is 0.305.